The van der Waals surface area contributed by atoms with Crippen molar-refractivity contribution in [3.8, 4) is 0 Å². The Labute approximate surface area is 143 Å². The third kappa shape index (κ3) is 3.49. The van der Waals surface area contributed by atoms with Crippen LogP contribution in [0.5, 0.6) is 0 Å². The molecule has 0 aliphatic carbocycles. The first-order valence-electron chi connectivity index (χ1n) is 8.30. The first-order chi connectivity index (χ1) is 11.9. The van der Waals surface area contributed by atoms with Crippen LogP contribution in [0.3, 0.4) is 0 Å². The number of carbonyl (C=O) groups excluding carboxylic acids is 2. The Morgan fingerprint density at radius 3 is 2.60 bits per heavy atom. The molecule has 1 unspecified atom stereocenters. The Bertz CT molecular complexity index is 664. The molecular formula is C17H20F3N3O2. The van der Waals surface area contributed by atoms with Crippen LogP contribution in [0.2, 0.25) is 0 Å². The third-order valence-corrected chi connectivity index (χ3v) is 4.93. The van der Waals surface area contributed by atoms with Crippen molar-refractivity contribution in [2.24, 2.45) is 5.92 Å². The molecule has 8 heteroatoms. The molecule has 2 heterocycles. The van der Waals surface area contributed by atoms with Crippen molar-refractivity contribution in [2.45, 2.75) is 31.2 Å². The zero-order chi connectivity index (χ0) is 18.0. The smallest absolute Gasteiger partial charge is 0.322 e. The predicted molar refractivity (Wildman–Crippen MR) is 84.7 cm³/mol. The second-order valence-corrected chi connectivity index (χ2v) is 6.54. The van der Waals surface area contributed by atoms with Gasteiger partial charge in [0.1, 0.15) is 11.4 Å². The number of nitrogens with one attached hydrogen (secondary N) is 2. The van der Waals surface area contributed by atoms with Gasteiger partial charge in [0.25, 0.3) is 12.3 Å². The Morgan fingerprint density at radius 1 is 1.24 bits per heavy atom. The lowest BCUT2D eigenvalue weighted by Crippen LogP contribution is -2.57. The summed E-state index contributed by atoms with van der Waals surface area (Å²) in [4.78, 5) is 25.8. The highest BCUT2D eigenvalue weighted by atomic mass is 19.3. The van der Waals surface area contributed by atoms with Crippen molar-refractivity contribution in [2.75, 3.05) is 19.6 Å². The van der Waals surface area contributed by atoms with Crippen LogP contribution < -0.4 is 10.6 Å². The number of urea groups is 1. The van der Waals surface area contributed by atoms with E-state index in [1.165, 1.54) is 18.2 Å². The molecule has 25 heavy (non-hydrogen) atoms. The van der Waals surface area contributed by atoms with Gasteiger partial charge in [0, 0.05) is 6.42 Å². The Kier molecular flexibility index (Phi) is 4.99. The van der Waals surface area contributed by atoms with E-state index < -0.39 is 36.3 Å². The van der Waals surface area contributed by atoms with E-state index in [-0.39, 0.29) is 12.3 Å². The van der Waals surface area contributed by atoms with Crippen LogP contribution in [-0.4, -0.2) is 48.4 Å². The Morgan fingerprint density at radius 2 is 1.96 bits per heavy atom. The van der Waals surface area contributed by atoms with Crippen LogP contribution in [0, 0.1) is 11.7 Å². The Hall–Kier alpha value is -2.09. The average Bonchev–Trinajstić information content (AvgIpc) is 2.80. The number of hydrogen-bond donors (Lipinski definition) is 2. The van der Waals surface area contributed by atoms with Crippen molar-refractivity contribution >= 4 is 11.9 Å². The van der Waals surface area contributed by atoms with Crippen molar-refractivity contribution < 1.29 is 22.8 Å². The van der Waals surface area contributed by atoms with Crippen LogP contribution in [0.4, 0.5) is 18.0 Å². The second kappa shape index (κ2) is 7.03. The molecule has 0 aromatic heterocycles. The molecule has 0 bridgehead atoms. The molecule has 1 atom stereocenters. The fraction of sp³-hybridized carbons (Fsp3) is 0.529. The van der Waals surface area contributed by atoms with Crippen molar-refractivity contribution in [3.05, 3.63) is 35.6 Å². The molecule has 1 aromatic rings. The summed E-state index contributed by atoms with van der Waals surface area (Å²) in [6.07, 6.45) is -1.46. The van der Waals surface area contributed by atoms with Crippen LogP contribution in [0.25, 0.3) is 0 Å². The van der Waals surface area contributed by atoms with E-state index >= 15 is 0 Å². The van der Waals surface area contributed by atoms with Crippen LogP contribution in [0.1, 0.15) is 18.4 Å². The molecule has 0 spiro atoms. The molecule has 5 nitrogen and oxygen atoms in total. The molecule has 2 N–H and O–H groups in total. The van der Waals surface area contributed by atoms with Crippen LogP contribution >= 0.6 is 0 Å². The molecule has 2 saturated heterocycles. The van der Waals surface area contributed by atoms with Gasteiger partial charge >= 0.3 is 6.03 Å². The topological polar surface area (TPSA) is 61.4 Å². The van der Waals surface area contributed by atoms with Gasteiger partial charge < -0.3 is 10.6 Å². The lowest BCUT2D eigenvalue weighted by Gasteiger charge is -2.38. The van der Waals surface area contributed by atoms with Gasteiger partial charge in [-0.15, -0.1) is 0 Å². The van der Waals surface area contributed by atoms with E-state index in [9.17, 15) is 22.8 Å². The lowest BCUT2D eigenvalue weighted by atomic mass is 9.74. The summed E-state index contributed by atoms with van der Waals surface area (Å²) < 4.78 is 39.1. The number of hydrogen-bond acceptors (Lipinski definition) is 3. The van der Waals surface area contributed by atoms with Gasteiger partial charge in [-0.25, -0.2) is 18.0 Å². The van der Waals surface area contributed by atoms with Gasteiger partial charge in [-0.3, -0.25) is 9.69 Å². The number of halogens is 3. The fourth-order valence-corrected chi connectivity index (χ4v) is 3.77. The van der Waals surface area contributed by atoms with Crippen molar-refractivity contribution in [1.82, 2.24) is 15.5 Å². The summed E-state index contributed by atoms with van der Waals surface area (Å²) in [5.41, 5.74) is -0.756. The van der Waals surface area contributed by atoms with Gasteiger partial charge in [-0.2, -0.15) is 0 Å². The number of alkyl halides is 2. The van der Waals surface area contributed by atoms with E-state index in [0.717, 1.165) is 0 Å². The van der Waals surface area contributed by atoms with E-state index in [2.05, 4.69) is 10.6 Å². The first-order valence-corrected chi connectivity index (χ1v) is 8.30. The number of piperidine rings is 1. The van der Waals surface area contributed by atoms with Crippen molar-refractivity contribution in [1.29, 1.82) is 0 Å². The summed E-state index contributed by atoms with van der Waals surface area (Å²) in [6, 6.07) is 4.98. The number of rotatable bonds is 5. The van der Waals surface area contributed by atoms with E-state index in [0.29, 0.717) is 36.4 Å². The van der Waals surface area contributed by atoms with E-state index in [4.69, 9.17) is 0 Å². The molecule has 0 saturated carbocycles. The molecule has 2 aliphatic rings. The SMILES string of the molecule is O=C1NC(Cc2cccc(F)c2)(C2CCNCC2)C(=O)N1CC(F)F. The highest BCUT2D eigenvalue weighted by molar-refractivity contribution is 6.07. The first kappa shape index (κ1) is 17.7. The zero-order valence-electron chi connectivity index (χ0n) is 13.6. The summed E-state index contributed by atoms with van der Waals surface area (Å²) in [5.74, 6) is -1.29. The maximum atomic E-state index is 13.5. The molecular weight excluding hydrogens is 335 g/mol. The predicted octanol–water partition coefficient (Wildman–Crippen LogP) is 1.92. The van der Waals surface area contributed by atoms with Crippen LogP contribution in [0.15, 0.2) is 24.3 Å². The minimum atomic E-state index is -2.80. The molecule has 3 amide bonds. The minimum absolute atomic E-state index is 0.0831. The molecule has 0 radical (unpaired) electrons. The maximum Gasteiger partial charge on any atom is 0.325 e. The monoisotopic (exact) mass is 355 g/mol. The molecule has 2 fully saturated rings. The molecule has 3 rings (SSSR count). The lowest BCUT2D eigenvalue weighted by molar-refractivity contribution is -0.135. The summed E-state index contributed by atoms with van der Waals surface area (Å²) in [7, 11) is 0. The van der Waals surface area contributed by atoms with Gasteiger partial charge in [0.2, 0.25) is 0 Å². The number of amides is 3. The molecule has 2 aliphatic heterocycles. The number of nitrogens with zero attached hydrogens (tertiary/aromatic N) is 1. The summed E-state index contributed by atoms with van der Waals surface area (Å²) >= 11 is 0. The standard InChI is InChI=1S/C17H20F3N3O2/c18-13-3-1-2-11(8-13)9-17(12-4-6-21-7-5-12)15(24)23(10-14(19)20)16(25)22-17/h1-3,8,12,14,21H,4-7,9-10H2,(H,22,25). The summed E-state index contributed by atoms with van der Waals surface area (Å²) in [6.45, 7) is 0.418. The quantitative estimate of drug-likeness (QED) is 0.794. The minimum Gasteiger partial charge on any atom is -0.322 e. The van der Waals surface area contributed by atoms with E-state index in [1.54, 1.807) is 6.07 Å². The third-order valence-electron chi connectivity index (χ3n) is 4.93. The number of imide groups is 1. The fourth-order valence-electron chi connectivity index (χ4n) is 3.77. The van der Waals surface area contributed by atoms with Gasteiger partial charge in [-0.05, 0) is 49.5 Å². The highest BCUT2D eigenvalue weighted by Crippen LogP contribution is 2.35. The average molecular weight is 355 g/mol. The molecule has 136 valence electrons. The summed E-state index contributed by atoms with van der Waals surface area (Å²) in [5, 5.41) is 5.84. The van der Waals surface area contributed by atoms with E-state index in [1.807, 2.05) is 0 Å². The zero-order valence-corrected chi connectivity index (χ0v) is 13.6. The second-order valence-electron chi connectivity index (χ2n) is 6.54. The normalized spacial score (nSPS) is 24.9. The van der Waals surface area contributed by atoms with Crippen molar-refractivity contribution in [3.63, 3.8) is 0 Å². The number of benzene rings is 1. The highest BCUT2D eigenvalue weighted by Gasteiger charge is 2.55. The van der Waals surface area contributed by atoms with Crippen LogP contribution in [-0.2, 0) is 11.2 Å². The van der Waals surface area contributed by atoms with Gasteiger partial charge in [-0.1, -0.05) is 12.1 Å². The maximum absolute atomic E-state index is 13.5. The number of carbonyl (C=O) groups is 2. The Balaban J connectivity index is 1.95. The van der Waals surface area contributed by atoms with Gasteiger partial charge in [0.15, 0.2) is 0 Å². The molecule has 1 aromatic carbocycles. The largest absolute Gasteiger partial charge is 0.325 e. The van der Waals surface area contributed by atoms with Gasteiger partial charge in [0.05, 0.1) is 6.54 Å².